The van der Waals surface area contributed by atoms with E-state index in [1.54, 1.807) is 36.4 Å². The molecule has 0 aliphatic rings. The number of nitriles is 1. The van der Waals surface area contributed by atoms with Crippen LogP contribution >= 0.6 is 0 Å². The summed E-state index contributed by atoms with van der Waals surface area (Å²) in [5.74, 6) is 0.928. The Morgan fingerprint density at radius 2 is 2.06 bits per heavy atom. The lowest BCUT2D eigenvalue weighted by Gasteiger charge is -2.18. The van der Waals surface area contributed by atoms with Gasteiger partial charge in [-0.25, -0.2) is 0 Å². The first-order valence-electron chi connectivity index (χ1n) is 10.5. The molecule has 1 amide bonds. The number of hydrogen-bond acceptors (Lipinski definition) is 6. The van der Waals surface area contributed by atoms with Gasteiger partial charge in [0.2, 0.25) is 5.91 Å². The van der Waals surface area contributed by atoms with Gasteiger partial charge in [-0.2, -0.15) is 14.0 Å². The predicted octanol–water partition coefficient (Wildman–Crippen LogP) is 4.30. The van der Waals surface area contributed by atoms with Crippen molar-refractivity contribution in [1.29, 1.82) is 5.26 Å². The number of rotatable bonds is 10. The number of anilines is 1. The highest BCUT2D eigenvalue weighted by Crippen LogP contribution is 2.30. The zero-order chi connectivity index (χ0) is 24.8. The molecular formula is C24H26F2N4O4. The van der Waals surface area contributed by atoms with Crippen LogP contribution in [0.15, 0.2) is 41.0 Å². The highest BCUT2D eigenvalue weighted by atomic mass is 19.3. The molecule has 3 aromatic rings. The monoisotopic (exact) mass is 472 g/mol. The van der Waals surface area contributed by atoms with Crippen LogP contribution in [-0.2, 0) is 17.9 Å². The second kappa shape index (κ2) is 10.9. The highest BCUT2D eigenvalue weighted by molar-refractivity contribution is 5.93. The van der Waals surface area contributed by atoms with Gasteiger partial charge in [-0.05, 0) is 56.3 Å². The van der Waals surface area contributed by atoms with E-state index >= 15 is 0 Å². The number of ether oxygens (including phenoxy) is 2. The first-order valence-corrected chi connectivity index (χ1v) is 10.5. The molecule has 0 aliphatic carbocycles. The average Bonchev–Trinajstić information content (AvgIpc) is 3.37. The van der Waals surface area contributed by atoms with Gasteiger partial charge in [-0.15, -0.1) is 0 Å². The second-order valence-corrected chi connectivity index (χ2v) is 7.80. The number of methoxy groups -OCH3 is 1. The minimum absolute atomic E-state index is 0.0342. The molecule has 0 aliphatic heterocycles. The lowest BCUT2D eigenvalue weighted by molar-refractivity contribution is -0.117. The molecule has 3 rings (SSSR count). The third-order valence-electron chi connectivity index (χ3n) is 5.40. The van der Waals surface area contributed by atoms with Crippen molar-refractivity contribution in [2.24, 2.45) is 0 Å². The first kappa shape index (κ1) is 24.8. The molecule has 2 aromatic heterocycles. The lowest BCUT2D eigenvalue weighted by Crippen LogP contribution is -2.30. The van der Waals surface area contributed by atoms with Crippen molar-refractivity contribution in [3.05, 3.63) is 64.7 Å². The number of carbonyl (C=O) groups is 1. The summed E-state index contributed by atoms with van der Waals surface area (Å²) in [5, 5.41) is 12.5. The van der Waals surface area contributed by atoms with E-state index in [0.29, 0.717) is 30.2 Å². The molecule has 34 heavy (non-hydrogen) atoms. The Labute approximate surface area is 196 Å². The van der Waals surface area contributed by atoms with E-state index in [2.05, 4.69) is 16.1 Å². The number of amides is 1. The summed E-state index contributed by atoms with van der Waals surface area (Å²) in [6, 6.07) is 10.4. The Hall–Kier alpha value is -3.84. The summed E-state index contributed by atoms with van der Waals surface area (Å²) in [6.07, 6.45) is 1.57. The average molecular weight is 472 g/mol. The van der Waals surface area contributed by atoms with Crippen LogP contribution < -0.4 is 14.8 Å². The van der Waals surface area contributed by atoms with E-state index in [9.17, 15) is 18.8 Å². The van der Waals surface area contributed by atoms with Crippen molar-refractivity contribution in [2.45, 2.75) is 33.5 Å². The second-order valence-electron chi connectivity index (χ2n) is 7.80. The number of nitrogens with zero attached hydrogens (tertiary/aromatic N) is 3. The zero-order valence-corrected chi connectivity index (χ0v) is 19.4. The first-order chi connectivity index (χ1) is 16.2. The number of aromatic nitrogens is 1. The van der Waals surface area contributed by atoms with E-state index in [-0.39, 0.29) is 24.0 Å². The molecule has 8 nitrogen and oxygen atoms in total. The van der Waals surface area contributed by atoms with Crippen molar-refractivity contribution in [3.63, 3.8) is 0 Å². The van der Waals surface area contributed by atoms with Crippen molar-refractivity contribution < 1.29 is 27.5 Å². The van der Waals surface area contributed by atoms with E-state index in [1.165, 1.54) is 13.2 Å². The van der Waals surface area contributed by atoms with Crippen LogP contribution in [0.5, 0.6) is 11.5 Å². The molecule has 1 aromatic carbocycles. The van der Waals surface area contributed by atoms with Crippen LogP contribution in [0.25, 0.3) is 0 Å². The third kappa shape index (κ3) is 5.74. The number of likely N-dealkylation sites (N-methyl/N-ethyl adjacent to an activating group) is 1. The molecule has 0 spiro atoms. The smallest absolute Gasteiger partial charge is 0.387 e. The highest BCUT2D eigenvalue weighted by Gasteiger charge is 2.21. The maximum atomic E-state index is 12.8. The summed E-state index contributed by atoms with van der Waals surface area (Å²) in [4.78, 5) is 14.6. The molecule has 1 N–H and O–H groups in total. The maximum Gasteiger partial charge on any atom is 0.387 e. The number of hydrogen-bond donors (Lipinski definition) is 1. The van der Waals surface area contributed by atoms with Gasteiger partial charge in [0.25, 0.3) is 0 Å². The lowest BCUT2D eigenvalue weighted by atomic mass is 10.2. The van der Waals surface area contributed by atoms with Gasteiger partial charge in [-0.1, -0.05) is 6.07 Å². The summed E-state index contributed by atoms with van der Waals surface area (Å²) in [6.45, 7) is 1.53. The van der Waals surface area contributed by atoms with E-state index in [0.717, 1.165) is 16.8 Å². The third-order valence-corrected chi connectivity index (χ3v) is 5.40. The fraction of sp³-hybridized carbons (Fsp3) is 0.333. The standard InChI is InChI=1S/C24H26F2N4O4/c1-15-16(2)30(13-18-6-5-9-33-18)23(19(15)11-27)28-22(31)14-29(3)12-17-7-8-20(34-24(25)26)21(10-17)32-4/h5-10,24H,12-14H2,1-4H3,(H,28,31). The molecule has 0 fully saturated rings. The van der Waals surface area contributed by atoms with Crippen molar-refractivity contribution in [2.75, 3.05) is 26.0 Å². The van der Waals surface area contributed by atoms with Crippen molar-refractivity contribution in [3.8, 4) is 17.6 Å². The Bertz CT molecular complexity index is 1180. The number of nitrogens with one attached hydrogen (secondary N) is 1. The zero-order valence-electron chi connectivity index (χ0n) is 19.4. The van der Waals surface area contributed by atoms with Crippen LogP contribution in [0.4, 0.5) is 14.6 Å². The molecule has 0 radical (unpaired) electrons. The van der Waals surface area contributed by atoms with Crippen LogP contribution in [-0.4, -0.2) is 42.7 Å². The number of benzene rings is 1. The van der Waals surface area contributed by atoms with Crippen LogP contribution in [0.1, 0.15) is 28.1 Å². The summed E-state index contributed by atoms with van der Waals surface area (Å²) >= 11 is 0. The van der Waals surface area contributed by atoms with Gasteiger partial charge in [0.1, 0.15) is 17.6 Å². The summed E-state index contributed by atoms with van der Waals surface area (Å²) in [5.41, 5.74) is 2.80. The fourth-order valence-corrected chi connectivity index (χ4v) is 3.67. The summed E-state index contributed by atoms with van der Waals surface area (Å²) < 4.78 is 41.9. The molecule has 0 unspecified atom stereocenters. The Morgan fingerprint density at radius 3 is 2.68 bits per heavy atom. The molecule has 180 valence electrons. The fourth-order valence-electron chi connectivity index (χ4n) is 3.67. The topological polar surface area (TPSA) is 92.7 Å². The number of carbonyl (C=O) groups excluding carboxylic acids is 1. The maximum absolute atomic E-state index is 12.8. The van der Waals surface area contributed by atoms with Crippen LogP contribution in [0.2, 0.25) is 0 Å². The number of furan rings is 1. The number of halogens is 2. The van der Waals surface area contributed by atoms with Gasteiger partial charge >= 0.3 is 6.61 Å². The summed E-state index contributed by atoms with van der Waals surface area (Å²) in [7, 11) is 3.11. The molecule has 0 bridgehead atoms. The number of alkyl halides is 2. The van der Waals surface area contributed by atoms with E-state index in [1.807, 2.05) is 24.5 Å². The van der Waals surface area contributed by atoms with E-state index in [4.69, 9.17) is 9.15 Å². The van der Waals surface area contributed by atoms with Gasteiger partial charge in [-0.3, -0.25) is 9.69 Å². The Balaban J connectivity index is 1.71. The predicted molar refractivity (Wildman–Crippen MR) is 121 cm³/mol. The van der Waals surface area contributed by atoms with E-state index < -0.39 is 6.61 Å². The minimum Gasteiger partial charge on any atom is -0.493 e. The van der Waals surface area contributed by atoms with Gasteiger partial charge in [0.05, 0.1) is 32.0 Å². The van der Waals surface area contributed by atoms with Crippen molar-refractivity contribution in [1.82, 2.24) is 9.47 Å². The van der Waals surface area contributed by atoms with Crippen LogP contribution in [0.3, 0.4) is 0 Å². The largest absolute Gasteiger partial charge is 0.493 e. The Kier molecular flexibility index (Phi) is 7.91. The molecule has 2 heterocycles. The Morgan fingerprint density at radius 1 is 1.29 bits per heavy atom. The van der Waals surface area contributed by atoms with Gasteiger partial charge in [0.15, 0.2) is 11.5 Å². The molecule has 10 heteroatoms. The molecular weight excluding hydrogens is 446 g/mol. The van der Waals surface area contributed by atoms with Crippen LogP contribution in [0, 0.1) is 25.2 Å². The SMILES string of the molecule is COc1cc(CN(C)CC(=O)Nc2c(C#N)c(C)c(C)n2Cc2ccco2)ccc1OC(F)F. The van der Waals surface area contributed by atoms with Crippen molar-refractivity contribution >= 4 is 11.7 Å². The molecule has 0 atom stereocenters. The van der Waals surface area contributed by atoms with Gasteiger partial charge in [0, 0.05) is 12.2 Å². The minimum atomic E-state index is -2.96. The molecule has 0 saturated heterocycles. The van der Waals surface area contributed by atoms with Gasteiger partial charge < -0.3 is 23.8 Å². The molecule has 0 saturated carbocycles. The quantitative estimate of drug-likeness (QED) is 0.473. The normalized spacial score (nSPS) is 11.0.